The van der Waals surface area contributed by atoms with Gasteiger partial charge >= 0.3 is 18.0 Å². The summed E-state index contributed by atoms with van der Waals surface area (Å²) in [7, 11) is 0. The molecule has 6 rings (SSSR count). The van der Waals surface area contributed by atoms with Gasteiger partial charge in [-0.05, 0) is 117 Å². The highest BCUT2D eigenvalue weighted by atomic mass is 19.4. The van der Waals surface area contributed by atoms with Crippen LogP contribution in [0.2, 0.25) is 0 Å². The number of carbonyl (C=O) groups is 4. The van der Waals surface area contributed by atoms with Crippen molar-refractivity contribution < 1.29 is 49.9 Å². The number of anilines is 1. The molecule has 0 bridgehead atoms. The molecule has 2 atom stereocenters. The Kier molecular flexibility index (Phi) is 13.0. The molecule has 1 aliphatic heterocycles. The number of nitrogens with zero attached hydrogens (tertiary/aromatic N) is 2. The van der Waals surface area contributed by atoms with E-state index in [1.54, 1.807) is 12.1 Å². The number of aromatic amines is 1. The van der Waals surface area contributed by atoms with Crippen LogP contribution in [0.15, 0.2) is 66.7 Å². The van der Waals surface area contributed by atoms with Gasteiger partial charge < -0.3 is 27.0 Å². The fourth-order valence-corrected chi connectivity index (χ4v) is 7.29. The summed E-state index contributed by atoms with van der Waals surface area (Å²) in [6, 6.07) is 16.0. The Morgan fingerprint density at radius 1 is 0.883 bits per heavy atom. The number of hydrogen-bond donors (Lipinski definition) is 6. The molecule has 2 fully saturated rings. The maximum atomic E-state index is 14.2. The second-order valence-corrected chi connectivity index (χ2v) is 15.1. The first-order valence-electron chi connectivity index (χ1n) is 19.3. The first-order chi connectivity index (χ1) is 28.4. The van der Waals surface area contributed by atoms with Crippen molar-refractivity contribution in [2.75, 3.05) is 18.4 Å². The van der Waals surface area contributed by atoms with Crippen LogP contribution in [-0.2, 0) is 26.7 Å². The number of nitrogens with one attached hydrogen (secondary N) is 5. The molecular weight excluding hydrogens is 801 g/mol. The predicted molar refractivity (Wildman–Crippen MR) is 206 cm³/mol. The van der Waals surface area contributed by atoms with Gasteiger partial charge in [0.2, 0.25) is 23.5 Å². The van der Waals surface area contributed by atoms with Gasteiger partial charge in [0.25, 0.3) is 5.91 Å². The lowest BCUT2D eigenvalue weighted by Gasteiger charge is -2.28. The average molecular weight is 845 g/mol. The molecular formula is C41H43F7N8O4. The maximum Gasteiger partial charge on any atom is 0.460 e. The number of benzene rings is 3. The molecule has 2 aliphatic rings. The molecule has 7 N–H and O–H groups in total. The predicted octanol–water partition coefficient (Wildman–Crippen LogP) is 6.18. The first kappa shape index (κ1) is 43.7. The Morgan fingerprint density at radius 2 is 1.55 bits per heavy atom. The zero-order valence-electron chi connectivity index (χ0n) is 32.3. The molecule has 19 heteroatoms. The Labute approximate surface area is 339 Å². The van der Waals surface area contributed by atoms with Crippen LogP contribution in [0.25, 0.3) is 22.5 Å². The summed E-state index contributed by atoms with van der Waals surface area (Å²) in [6.45, 7) is 2.96. The highest BCUT2D eigenvalue weighted by Crippen LogP contribution is 2.51. The minimum Gasteiger partial charge on any atom is -0.354 e. The molecule has 1 aliphatic carbocycles. The van der Waals surface area contributed by atoms with Crippen molar-refractivity contribution in [3.63, 3.8) is 0 Å². The highest BCUT2D eigenvalue weighted by molar-refractivity contribution is 5.99. The normalized spacial score (nSPS) is 19.2. The van der Waals surface area contributed by atoms with Crippen LogP contribution in [0, 0.1) is 18.8 Å². The third kappa shape index (κ3) is 9.61. The van der Waals surface area contributed by atoms with E-state index in [9.17, 15) is 49.9 Å². The van der Waals surface area contributed by atoms with Gasteiger partial charge in [0.05, 0.1) is 0 Å². The molecule has 12 nitrogen and oxygen atoms in total. The molecule has 2 heterocycles. The molecule has 1 unspecified atom stereocenters. The minimum atomic E-state index is -6.56. The van der Waals surface area contributed by atoms with E-state index >= 15 is 0 Å². The lowest BCUT2D eigenvalue weighted by molar-refractivity contribution is -0.361. The zero-order chi connectivity index (χ0) is 43.4. The van der Waals surface area contributed by atoms with Gasteiger partial charge in [-0.2, -0.15) is 35.8 Å². The molecule has 0 spiro atoms. The molecule has 60 heavy (non-hydrogen) atoms. The molecule has 320 valence electrons. The van der Waals surface area contributed by atoms with Crippen LogP contribution in [0.4, 0.5) is 36.4 Å². The summed E-state index contributed by atoms with van der Waals surface area (Å²) in [6.07, 6.45) is -2.38. The number of carbonyl (C=O) groups excluding carboxylic acids is 4. The first-order valence-corrected chi connectivity index (χ1v) is 19.3. The molecule has 0 radical (unpaired) electrons. The Bertz CT molecular complexity index is 2190. The SMILES string of the molecule is Cc1cc(C(=O)NC2CCCNC2=O)ccc1-c1ccc(C[C@H](NC(=O)C2CCC(CN)CC2)C(=O)Nc2ccc(-c3n[nH]c(C(F)(F)C(F)(F)C(F)(F)F)n3)cc2)cc1. The summed E-state index contributed by atoms with van der Waals surface area (Å²) in [5.41, 5.74) is 9.56. The second kappa shape index (κ2) is 17.8. The monoisotopic (exact) mass is 844 g/mol. The van der Waals surface area contributed by atoms with Gasteiger partial charge in [0.15, 0.2) is 5.82 Å². The standard InChI is InChI=1S/C41H43F7N8O4/c1-22-19-28(35(58)52-31-3-2-18-50-36(31)59)14-17-30(22)25-8-4-23(5-9-25)20-32(53-34(57)27-10-6-24(21-49)7-11-27)37(60)51-29-15-12-26(13-16-29)33-54-38(56-55-33)39(42,43)40(44,45)41(46,47)48/h4-5,8-9,12-17,19,24,27,31-32H,2-3,6-7,10-11,18,20-21,49H2,1H3,(H,50,59)(H,51,60)(H,52,58)(H,53,57)(H,54,55,56)/t24?,27?,31?,32-/m0/s1. The van der Waals surface area contributed by atoms with Crippen molar-refractivity contribution in [1.29, 1.82) is 0 Å². The summed E-state index contributed by atoms with van der Waals surface area (Å²) < 4.78 is 93.4. The van der Waals surface area contributed by atoms with Crippen LogP contribution in [0.5, 0.6) is 0 Å². The number of nitrogens with two attached hydrogens (primary N) is 1. The van der Waals surface area contributed by atoms with Crippen LogP contribution >= 0.6 is 0 Å². The summed E-state index contributed by atoms with van der Waals surface area (Å²) in [5.74, 6) is -16.2. The fraction of sp³-hybridized carbons (Fsp3) is 0.415. The van der Waals surface area contributed by atoms with E-state index in [4.69, 9.17) is 5.73 Å². The Morgan fingerprint density at radius 3 is 2.17 bits per heavy atom. The average Bonchev–Trinajstić information content (AvgIpc) is 3.73. The highest BCUT2D eigenvalue weighted by Gasteiger charge is 2.75. The quantitative estimate of drug-likeness (QED) is 0.0870. The number of halogens is 7. The largest absolute Gasteiger partial charge is 0.460 e. The number of H-pyrrole nitrogens is 1. The van der Waals surface area contributed by atoms with Crippen LogP contribution in [-0.4, -0.2) is 76.1 Å². The number of amides is 4. The summed E-state index contributed by atoms with van der Waals surface area (Å²) >= 11 is 0. The lowest BCUT2D eigenvalue weighted by atomic mass is 9.81. The summed E-state index contributed by atoms with van der Waals surface area (Å²) in [4.78, 5) is 55.4. The number of hydrogen-bond acceptors (Lipinski definition) is 7. The van der Waals surface area contributed by atoms with Crippen molar-refractivity contribution >= 4 is 29.3 Å². The zero-order valence-corrected chi connectivity index (χ0v) is 32.3. The van der Waals surface area contributed by atoms with Crippen LogP contribution < -0.4 is 27.0 Å². The summed E-state index contributed by atoms with van der Waals surface area (Å²) in [5, 5.41) is 16.0. The number of alkyl halides is 7. The van der Waals surface area contributed by atoms with E-state index < -0.39 is 47.7 Å². The van der Waals surface area contributed by atoms with Gasteiger partial charge in [0, 0.05) is 35.7 Å². The van der Waals surface area contributed by atoms with Crippen LogP contribution in [0.1, 0.15) is 65.8 Å². The minimum absolute atomic E-state index is 0.0405. The number of piperidine rings is 1. The van der Waals surface area contributed by atoms with Gasteiger partial charge in [-0.1, -0.05) is 30.3 Å². The van der Waals surface area contributed by atoms with E-state index in [0.717, 1.165) is 36.0 Å². The third-order valence-corrected chi connectivity index (χ3v) is 10.9. The molecule has 1 saturated carbocycles. The van der Waals surface area contributed by atoms with Gasteiger partial charge in [-0.25, -0.2) is 4.98 Å². The van der Waals surface area contributed by atoms with E-state index in [1.165, 1.54) is 29.4 Å². The van der Waals surface area contributed by atoms with Gasteiger partial charge in [-0.15, -0.1) is 0 Å². The van der Waals surface area contributed by atoms with Gasteiger partial charge in [0.1, 0.15) is 12.1 Å². The second-order valence-electron chi connectivity index (χ2n) is 15.1. The number of rotatable bonds is 13. The van der Waals surface area contributed by atoms with E-state index in [2.05, 4.69) is 31.3 Å². The molecule has 4 amide bonds. The van der Waals surface area contributed by atoms with Crippen molar-refractivity contribution in [3.8, 4) is 22.5 Å². The Balaban J connectivity index is 1.15. The van der Waals surface area contributed by atoms with Crippen LogP contribution in [0.3, 0.4) is 0 Å². The van der Waals surface area contributed by atoms with Crippen molar-refractivity contribution in [1.82, 2.24) is 31.1 Å². The molecule has 4 aromatic rings. The molecule has 1 saturated heterocycles. The molecule has 1 aromatic heterocycles. The van der Waals surface area contributed by atoms with E-state index in [-0.39, 0.29) is 41.3 Å². The maximum absolute atomic E-state index is 14.2. The number of aromatic nitrogens is 3. The van der Waals surface area contributed by atoms with Gasteiger partial charge in [-0.3, -0.25) is 24.3 Å². The van der Waals surface area contributed by atoms with Crippen molar-refractivity contribution in [3.05, 3.63) is 89.2 Å². The van der Waals surface area contributed by atoms with Crippen molar-refractivity contribution in [2.24, 2.45) is 17.6 Å². The van der Waals surface area contributed by atoms with E-state index in [0.29, 0.717) is 49.4 Å². The fourth-order valence-electron chi connectivity index (χ4n) is 7.29. The molecule has 3 aromatic carbocycles. The number of aryl methyl sites for hydroxylation is 1. The smallest absolute Gasteiger partial charge is 0.354 e. The Hall–Kier alpha value is -5.85. The van der Waals surface area contributed by atoms with Crippen molar-refractivity contribution in [2.45, 2.75) is 82.0 Å². The third-order valence-electron chi connectivity index (χ3n) is 10.9. The lowest BCUT2D eigenvalue weighted by Crippen LogP contribution is -2.50. The topological polar surface area (TPSA) is 184 Å². The van der Waals surface area contributed by atoms with E-state index in [1.807, 2.05) is 37.3 Å².